The minimum absolute atomic E-state index is 0.195. The van der Waals surface area contributed by atoms with Crippen molar-refractivity contribution in [3.63, 3.8) is 0 Å². The monoisotopic (exact) mass is 266 g/mol. The number of rotatable bonds is 7. The van der Waals surface area contributed by atoms with Crippen molar-refractivity contribution in [1.29, 1.82) is 0 Å². The Labute approximate surface area is 114 Å². The Morgan fingerprint density at radius 1 is 1.42 bits per heavy atom. The molecule has 0 aliphatic heterocycles. The van der Waals surface area contributed by atoms with E-state index in [0.29, 0.717) is 24.8 Å². The predicted molar refractivity (Wildman–Crippen MR) is 75.8 cm³/mol. The Bertz CT molecular complexity index is 422. The van der Waals surface area contributed by atoms with Gasteiger partial charge < -0.3 is 15.4 Å². The summed E-state index contributed by atoms with van der Waals surface area (Å²) in [5.74, 6) is 0.302. The van der Waals surface area contributed by atoms with E-state index in [4.69, 9.17) is 10.5 Å². The summed E-state index contributed by atoms with van der Waals surface area (Å²) >= 11 is 0. The molecule has 3 nitrogen and oxygen atoms in total. The highest BCUT2D eigenvalue weighted by Gasteiger charge is 2.48. The van der Waals surface area contributed by atoms with Crippen molar-refractivity contribution in [3.05, 3.63) is 30.1 Å². The third-order valence-corrected chi connectivity index (χ3v) is 4.08. The molecule has 0 heterocycles. The molecule has 0 amide bonds. The molecular weight excluding hydrogens is 243 g/mol. The van der Waals surface area contributed by atoms with E-state index >= 15 is 0 Å². The van der Waals surface area contributed by atoms with Gasteiger partial charge in [0.2, 0.25) is 0 Å². The first-order valence-corrected chi connectivity index (χ1v) is 6.90. The van der Waals surface area contributed by atoms with Crippen LogP contribution in [-0.4, -0.2) is 32.3 Å². The SMILES string of the molecule is CCN(c1ccccc1F)C(CN)(COC)C1CC1. The lowest BCUT2D eigenvalue weighted by Crippen LogP contribution is -2.59. The molecule has 1 aromatic rings. The highest BCUT2D eigenvalue weighted by atomic mass is 19.1. The van der Waals surface area contributed by atoms with Crippen molar-refractivity contribution in [2.75, 3.05) is 31.7 Å². The zero-order valence-corrected chi connectivity index (χ0v) is 11.7. The van der Waals surface area contributed by atoms with E-state index in [1.807, 2.05) is 19.1 Å². The van der Waals surface area contributed by atoms with Crippen molar-refractivity contribution in [3.8, 4) is 0 Å². The fourth-order valence-corrected chi connectivity index (χ4v) is 3.02. The number of ether oxygens (including phenoxy) is 1. The summed E-state index contributed by atoms with van der Waals surface area (Å²) in [5, 5.41) is 0. The van der Waals surface area contributed by atoms with Gasteiger partial charge in [0.1, 0.15) is 5.82 Å². The molecule has 1 aliphatic rings. The fourth-order valence-electron chi connectivity index (χ4n) is 3.02. The largest absolute Gasteiger partial charge is 0.382 e. The van der Waals surface area contributed by atoms with Gasteiger partial charge in [-0.1, -0.05) is 12.1 Å². The third-order valence-electron chi connectivity index (χ3n) is 4.08. The molecule has 0 radical (unpaired) electrons. The lowest BCUT2D eigenvalue weighted by Gasteiger charge is -2.44. The second-order valence-corrected chi connectivity index (χ2v) is 5.21. The zero-order valence-electron chi connectivity index (χ0n) is 11.7. The first-order chi connectivity index (χ1) is 9.19. The molecule has 4 heteroatoms. The van der Waals surface area contributed by atoms with Crippen LogP contribution in [0.3, 0.4) is 0 Å². The van der Waals surface area contributed by atoms with Crippen LogP contribution in [-0.2, 0) is 4.74 Å². The summed E-state index contributed by atoms with van der Waals surface area (Å²) in [5.41, 5.74) is 6.39. The first-order valence-electron chi connectivity index (χ1n) is 6.90. The second-order valence-electron chi connectivity index (χ2n) is 5.21. The Balaban J connectivity index is 2.39. The number of benzene rings is 1. The van der Waals surface area contributed by atoms with Crippen molar-refractivity contribution in [2.24, 2.45) is 11.7 Å². The molecule has 0 aromatic heterocycles. The van der Waals surface area contributed by atoms with Gasteiger partial charge >= 0.3 is 0 Å². The summed E-state index contributed by atoms with van der Waals surface area (Å²) in [7, 11) is 1.68. The minimum Gasteiger partial charge on any atom is -0.382 e. The molecule has 1 aliphatic carbocycles. The highest BCUT2D eigenvalue weighted by Crippen LogP contribution is 2.44. The number of hydrogen-bond donors (Lipinski definition) is 1. The predicted octanol–water partition coefficient (Wildman–Crippen LogP) is 2.41. The molecule has 1 atom stereocenters. The van der Waals surface area contributed by atoms with Crippen molar-refractivity contribution in [2.45, 2.75) is 25.3 Å². The molecule has 1 aromatic carbocycles. The molecule has 0 bridgehead atoms. The second kappa shape index (κ2) is 5.88. The summed E-state index contributed by atoms with van der Waals surface area (Å²) in [6.07, 6.45) is 2.29. The van der Waals surface area contributed by atoms with Crippen LogP contribution in [0.1, 0.15) is 19.8 Å². The van der Waals surface area contributed by atoms with Crippen LogP contribution < -0.4 is 10.6 Å². The molecule has 1 fully saturated rings. The number of anilines is 1. The van der Waals surface area contributed by atoms with E-state index in [9.17, 15) is 4.39 Å². The Hall–Kier alpha value is -1.13. The quantitative estimate of drug-likeness (QED) is 0.823. The summed E-state index contributed by atoms with van der Waals surface area (Å²) in [4.78, 5) is 2.09. The minimum atomic E-state index is -0.286. The molecular formula is C15H23FN2O. The van der Waals surface area contributed by atoms with E-state index in [-0.39, 0.29) is 11.4 Å². The number of nitrogens with zero attached hydrogens (tertiary/aromatic N) is 1. The van der Waals surface area contributed by atoms with Crippen LogP contribution >= 0.6 is 0 Å². The maximum absolute atomic E-state index is 14.1. The average Bonchev–Trinajstić information content (AvgIpc) is 3.25. The Morgan fingerprint density at radius 2 is 2.11 bits per heavy atom. The summed E-state index contributed by atoms with van der Waals surface area (Å²) in [6, 6.07) is 6.90. The van der Waals surface area contributed by atoms with Crippen molar-refractivity contribution in [1.82, 2.24) is 0 Å². The van der Waals surface area contributed by atoms with Gasteiger partial charge in [0.05, 0.1) is 17.8 Å². The highest BCUT2D eigenvalue weighted by molar-refractivity contribution is 5.51. The molecule has 1 unspecified atom stereocenters. The summed E-state index contributed by atoms with van der Waals surface area (Å²) in [6.45, 7) is 3.77. The number of methoxy groups -OCH3 is 1. The Morgan fingerprint density at radius 3 is 2.58 bits per heavy atom. The molecule has 1 saturated carbocycles. The van der Waals surface area contributed by atoms with E-state index in [1.54, 1.807) is 13.2 Å². The smallest absolute Gasteiger partial charge is 0.146 e. The Kier molecular flexibility index (Phi) is 4.42. The standard InChI is InChI=1S/C15H23FN2O/c1-3-18(14-7-5-4-6-13(14)16)15(10-17,11-19-2)12-8-9-12/h4-7,12H,3,8-11,17H2,1-2H3. The van der Waals surface area contributed by atoms with Gasteiger partial charge in [-0.05, 0) is 37.8 Å². The van der Waals surface area contributed by atoms with Crippen LogP contribution in [0.15, 0.2) is 24.3 Å². The number of nitrogens with two attached hydrogens (primary N) is 1. The molecule has 0 saturated heterocycles. The third kappa shape index (κ3) is 2.60. The lowest BCUT2D eigenvalue weighted by molar-refractivity contribution is 0.117. The van der Waals surface area contributed by atoms with Crippen molar-refractivity contribution < 1.29 is 9.13 Å². The number of halogens is 1. The van der Waals surface area contributed by atoms with Crippen LogP contribution in [0.25, 0.3) is 0 Å². The topological polar surface area (TPSA) is 38.5 Å². The van der Waals surface area contributed by atoms with E-state index in [0.717, 1.165) is 19.4 Å². The van der Waals surface area contributed by atoms with Gasteiger partial charge in [0.15, 0.2) is 0 Å². The van der Waals surface area contributed by atoms with Crippen LogP contribution in [0.4, 0.5) is 10.1 Å². The van der Waals surface area contributed by atoms with Gasteiger partial charge in [-0.15, -0.1) is 0 Å². The molecule has 0 spiro atoms. The van der Waals surface area contributed by atoms with E-state index < -0.39 is 0 Å². The fraction of sp³-hybridized carbons (Fsp3) is 0.600. The van der Waals surface area contributed by atoms with Gasteiger partial charge in [0, 0.05) is 20.2 Å². The van der Waals surface area contributed by atoms with Gasteiger partial charge in [0.25, 0.3) is 0 Å². The maximum atomic E-state index is 14.1. The van der Waals surface area contributed by atoms with Gasteiger partial charge in [-0.2, -0.15) is 0 Å². The average molecular weight is 266 g/mol. The van der Waals surface area contributed by atoms with Crippen LogP contribution in [0.2, 0.25) is 0 Å². The summed E-state index contributed by atoms with van der Waals surface area (Å²) < 4.78 is 19.5. The first kappa shape index (κ1) is 14.3. The lowest BCUT2D eigenvalue weighted by atomic mass is 9.90. The van der Waals surface area contributed by atoms with Crippen LogP contribution in [0.5, 0.6) is 0 Å². The normalized spacial score (nSPS) is 18.1. The zero-order chi connectivity index (χ0) is 13.9. The molecule has 106 valence electrons. The number of likely N-dealkylation sites (N-methyl/N-ethyl adjacent to an activating group) is 1. The van der Waals surface area contributed by atoms with Crippen molar-refractivity contribution >= 4 is 5.69 Å². The molecule has 2 rings (SSSR count). The molecule has 19 heavy (non-hydrogen) atoms. The van der Waals surface area contributed by atoms with E-state index in [1.165, 1.54) is 6.07 Å². The maximum Gasteiger partial charge on any atom is 0.146 e. The molecule has 2 N–H and O–H groups in total. The number of para-hydroxylation sites is 1. The van der Waals surface area contributed by atoms with Crippen LogP contribution in [0, 0.1) is 11.7 Å². The van der Waals surface area contributed by atoms with E-state index in [2.05, 4.69) is 4.90 Å². The number of hydrogen-bond acceptors (Lipinski definition) is 3. The van der Waals surface area contributed by atoms with Gasteiger partial charge in [-0.3, -0.25) is 0 Å². The van der Waals surface area contributed by atoms with Gasteiger partial charge in [-0.25, -0.2) is 4.39 Å².